The number of nitrogens with zero attached hydrogens (tertiary/aromatic N) is 3. The highest BCUT2D eigenvalue weighted by atomic mass is 16.5. The van der Waals surface area contributed by atoms with Gasteiger partial charge in [-0.2, -0.15) is 0 Å². The number of esters is 1. The topological polar surface area (TPSA) is 57.0 Å². The Bertz CT molecular complexity index is 395. The molecule has 0 aromatic carbocycles. The van der Waals surface area contributed by atoms with Crippen LogP contribution in [0.4, 0.5) is 0 Å². The van der Waals surface area contributed by atoms with Crippen molar-refractivity contribution in [3.05, 3.63) is 11.4 Å². The molecule has 5 nitrogen and oxygen atoms in total. The van der Waals surface area contributed by atoms with Crippen LogP contribution in [0.15, 0.2) is 0 Å². The maximum atomic E-state index is 11.8. The monoisotopic (exact) mass is 253 g/mol. The molecule has 0 amide bonds. The standard InChI is InChI=1S/C13H23N3O2/c1-6-10(7-2)16-12(9(4)5)11(14-15-16)13(17)18-8-3/h9-10H,6-8H2,1-5H3. The van der Waals surface area contributed by atoms with Gasteiger partial charge in [0, 0.05) is 0 Å². The second kappa shape index (κ2) is 6.52. The molecule has 0 fully saturated rings. The van der Waals surface area contributed by atoms with E-state index in [0.717, 1.165) is 18.5 Å². The van der Waals surface area contributed by atoms with Gasteiger partial charge in [-0.25, -0.2) is 9.48 Å². The lowest BCUT2D eigenvalue weighted by Crippen LogP contribution is -2.16. The van der Waals surface area contributed by atoms with Crippen molar-refractivity contribution < 1.29 is 9.53 Å². The van der Waals surface area contributed by atoms with E-state index in [1.54, 1.807) is 6.92 Å². The Kier molecular flexibility index (Phi) is 5.31. The maximum absolute atomic E-state index is 11.8. The second-order valence-electron chi connectivity index (χ2n) is 4.61. The summed E-state index contributed by atoms with van der Waals surface area (Å²) in [5.41, 5.74) is 1.24. The van der Waals surface area contributed by atoms with Crippen LogP contribution in [-0.2, 0) is 4.74 Å². The fourth-order valence-corrected chi connectivity index (χ4v) is 2.09. The minimum absolute atomic E-state index is 0.194. The van der Waals surface area contributed by atoms with Crippen LogP contribution >= 0.6 is 0 Å². The van der Waals surface area contributed by atoms with Gasteiger partial charge in [-0.05, 0) is 25.7 Å². The van der Waals surface area contributed by atoms with Crippen LogP contribution < -0.4 is 0 Å². The molecule has 102 valence electrons. The van der Waals surface area contributed by atoms with Crippen molar-refractivity contribution in [3.8, 4) is 0 Å². The quantitative estimate of drug-likeness (QED) is 0.731. The molecule has 0 N–H and O–H groups in total. The van der Waals surface area contributed by atoms with Crippen LogP contribution in [0.5, 0.6) is 0 Å². The molecule has 0 aliphatic rings. The smallest absolute Gasteiger partial charge is 0.360 e. The van der Waals surface area contributed by atoms with Crippen LogP contribution in [0.3, 0.4) is 0 Å². The fraction of sp³-hybridized carbons (Fsp3) is 0.769. The van der Waals surface area contributed by atoms with E-state index in [0.29, 0.717) is 12.3 Å². The number of hydrogen-bond donors (Lipinski definition) is 0. The van der Waals surface area contributed by atoms with Gasteiger partial charge < -0.3 is 4.74 Å². The molecular formula is C13H23N3O2. The van der Waals surface area contributed by atoms with E-state index in [1.807, 2.05) is 18.5 Å². The molecule has 0 spiro atoms. The molecule has 0 atom stereocenters. The fourth-order valence-electron chi connectivity index (χ4n) is 2.09. The number of carbonyl (C=O) groups is 1. The minimum atomic E-state index is -0.376. The largest absolute Gasteiger partial charge is 0.461 e. The molecule has 18 heavy (non-hydrogen) atoms. The maximum Gasteiger partial charge on any atom is 0.360 e. The highest BCUT2D eigenvalue weighted by molar-refractivity contribution is 5.88. The van der Waals surface area contributed by atoms with Gasteiger partial charge in [0.15, 0.2) is 5.69 Å². The highest BCUT2D eigenvalue weighted by Crippen LogP contribution is 2.24. The van der Waals surface area contributed by atoms with Crippen molar-refractivity contribution >= 4 is 5.97 Å². The first-order chi connectivity index (χ1) is 8.56. The Morgan fingerprint density at radius 1 is 1.28 bits per heavy atom. The predicted octanol–water partition coefficient (Wildman–Crippen LogP) is 2.94. The Labute approximate surface area is 109 Å². The van der Waals surface area contributed by atoms with Crippen molar-refractivity contribution in [1.29, 1.82) is 0 Å². The van der Waals surface area contributed by atoms with Gasteiger partial charge in [0.25, 0.3) is 0 Å². The van der Waals surface area contributed by atoms with Crippen molar-refractivity contribution in [1.82, 2.24) is 15.0 Å². The molecular weight excluding hydrogens is 230 g/mol. The summed E-state index contributed by atoms with van der Waals surface area (Å²) < 4.78 is 6.91. The Hall–Kier alpha value is -1.39. The van der Waals surface area contributed by atoms with E-state index in [-0.39, 0.29) is 17.9 Å². The summed E-state index contributed by atoms with van der Waals surface area (Å²) in [5, 5.41) is 8.16. The highest BCUT2D eigenvalue weighted by Gasteiger charge is 2.25. The lowest BCUT2D eigenvalue weighted by Gasteiger charge is -2.17. The summed E-state index contributed by atoms with van der Waals surface area (Å²) in [6.45, 7) is 10.5. The average Bonchev–Trinajstić information content (AvgIpc) is 2.76. The van der Waals surface area contributed by atoms with Gasteiger partial charge >= 0.3 is 5.97 Å². The van der Waals surface area contributed by atoms with Gasteiger partial charge in [0.2, 0.25) is 0 Å². The average molecular weight is 253 g/mol. The van der Waals surface area contributed by atoms with Crippen molar-refractivity contribution in [2.45, 2.75) is 59.4 Å². The normalized spacial score (nSPS) is 11.3. The van der Waals surface area contributed by atoms with Gasteiger partial charge in [0.05, 0.1) is 18.3 Å². The van der Waals surface area contributed by atoms with E-state index in [9.17, 15) is 4.79 Å². The summed E-state index contributed by atoms with van der Waals surface area (Å²) in [7, 11) is 0. The first kappa shape index (κ1) is 14.7. The molecule has 0 radical (unpaired) electrons. The lowest BCUT2D eigenvalue weighted by molar-refractivity contribution is 0.0517. The molecule has 0 aliphatic carbocycles. The molecule has 5 heteroatoms. The predicted molar refractivity (Wildman–Crippen MR) is 69.7 cm³/mol. The van der Waals surface area contributed by atoms with Crippen molar-refractivity contribution in [2.75, 3.05) is 6.61 Å². The van der Waals surface area contributed by atoms with Gasteiger partial charge in [0.1, 0.15) is 0 Å². The number of ether oxygens (including phenoxy) is 1. The number of hydrogen-bond acceptors (Lipinski definition) is 4. The molecule has 1 aromatic rings. The third-order valence-electron chi connectivity index (χ3n) is 3.03. The van der Waals surface area contributed by atoms with E-state index < -0.39 is 0 Å². The summed E-state index contributed by atoms with van der Waals surface area (Å²) >= 11 is 0. The number of carbonyl (C=O) groups excluding carboxylic acids is 1. The Morgan fingerprint density at radius 3 is 2.33 bits per heavy atom. The third kappa shape index (κ3) is 2.89. The van der Waals surface area contributed by atoms with Gasteiger partial charge in [-0.15, -0.1) is 5.10 Å². The molecule has 1 rings (SSSR count). The summed E-state index contributed by atoms with van der Waals surface area (Å²) in [6, 6.07) is 0.290. The van der Waals surface area contributed by atoms with E-state index in [1.165, 1.54) is 0 Å². The molecule has 0 saturated carbocycles. The minimum Gasteiger partial charge on any atom is -0.461 e. The number of rotatable bonds is 6. The summed E-state index contributed by atoms with van der Waals surface area (Å²) in [4.78, 5) is 11.8. The van der Waals surface area contributed by atoms with E-state index >= 15 is 0 Å². The SMILES string of the molecule is CCOC(=O)c1nnn(C(CC)CC)c1C(C)C. The van der Waals surface area contributed by atoms with Crippen LogP contribution in [0.2, 0.25) is 0 Å². The number of aromatic nitrogens is 3. The van der Waals surface area contributed by atoms with Crippen LogP contribution in [-0.4, -0.2) is 27.6 Å². The molecule has 0 aliphatic heterocycles. The van der Waals surface area contributed by atoms with Crippen LogP contribution in [0, 0.1) is 0 Å². The summed E-state index contributed by atoms with van der Waals surface area (Å²) in [5.74, 6) is -0.182. The van der Waals surface area contributed by atoms with Gasteiger partial charge in [-0.3, -0.25) is 0 Å². The zero-order chi connectivity index (χ0) is 13.7. The third-order valence-corrected chi connectivity index (χ3v) is 3.03. The lowest BCUT2D eigenvalue weighted by atomic mass is 10.1. The zero-order valence-corrected chi connectivity index (χ0v) is 11.9. The van der Waals surface area contributed by atoms with Gasteiger partial charge in [-0.1, -0.05) is 32.9 Å². The summed E-state index contributed by atoms with van der Waals surface area (Å²) in [6.07, 6.45) is 1.95. The zero-order valence-electron chi connectivity index (χ0n) is 11.9. The molecule has 1 heterocycles. The van der Waals surface area contributed by atoms with Crippen LogP contribution in [0.1, 0.15) is 75.6 Å². The van der Waals surface area contributed by atoms with Crippen molar-refractivity contribution in [3.63, 3.8) is 0 Å². The Balaban J connectivity index is 3.18. The second-order valence-corrected chi connectivity index (χ2v) is 4.61. The first-order valence-electron chi connectivity index (χ1n) is 6.68. The molecule has 0 unspecified atom stereocenters. The molecule has 0 saturated heterocycles. The molecule has 1 aromatic heterocycles. The van der Waals surface area contributed by atoms with Crippen molar-refractivity contribution in [2.24, 2.45) is 0 Å². The molecule has 0 bridgehead atoms. The van der Waals surface area contributed by atoms with E-state index in [4.69, 9.17) is 4.74 Å². The Morgan fingerprint density at radius 2 is 1.89 bits per heavy atom. The van der Waals surface area contributed by atoms with Crippen LogP contribution in [0.25, 0.3) is 0 Å². The van der Waals surface area contributed by atoms with E-state index in [2.05, 4.69) is 24.2 Å². The first-order valence-corrected chi connectivity index (χ1v) is 6.68.